The van der Waals surface area contributed by atoms with Gasteiger partial charge < -0.3 is 20.5 Å². The Balaban J connectivity index is 1.15. The number of rotatable bonds is 13. The van der Waals surface area contributed by atoms with Crippen LogP contribution in [0.15, 0.2) is 43.1 Å². The predicted molar refractivity (Wildman–Crippen MR) is 195 cm³/mol. The smallest absolute Gasteiger partial charge is 0.316 e. The number of thioether (sulfide) groups is 1. The van der Waals surface area contributed by atoms with E-state index in [0.717, 1.165) is 19.3 Å². The summed E-state index contributed by atoms with van der Waals surface area (Å²) in [5.74, 6) is -0.585. The van der Waals surface area contributed by atoms with Crippen LogP contribution in [0.1, 0.15) is 79.3 Å². The van der Waals surface area contributed by atoms with E-state index >= 15 is 0 Å². The lowest BCUT2D eigenvalue weighted by Crippen LogP contribution is -2.63. The Hall–Kier alpha value is -3.78. The van der Waals surface area contributed by atoms with Gasteiger partial charge >= 0.3 is 5.97 Å². The predicted octanol–water partition coefficient (Wildman–Crippen LogP) is 5.33. The molecule has 3 saturated carbocycles. The Bertz CT molecular complexity index is 1650. The fraction of sp³-hybridized carbons (Fsp3) is 0.649. The molecule has 5 rings (SSSR count). The van der Waals surface area contributed by atoms with Crippen LogP contribution >= 0.6 is 11.8 Å². The zero-order valence-electron chi connectivity index (χ0n) is 30.5. The molecule has 1 amide bonds. The van der Waals surface area contributed by atoms with E-state index in [9.17, 15) is 29.6 Å². The minimum Gasteiger partial charge on any atom is -0.461 e. The van der Waals surface area contributed by atoms with Gasteiger partial charge in [0, 0.05) is 52.3 Å². The standard InChI is InChI=1S/C37H52N6O7S/c1-8-35(6)17-29(36(7)23(2)13-15-37(24(3)33(35)47)16-14-28(44)32(36)37)50-31(46)21-51-34(4,5)22-39-30(45)20-42-19-26(40-41-42)18-38-25-9-11-27(12-10-25)43(48)49/h8-12,19,23-24,29,32-33,38,47H,1,13-18,20-22H2,2-7H3,(H,39,45)/t23-,24+,29-,32+,33+,35-,36+,37+/m1/s1. The molecule has 1 heterocycles. The number of hydrogen-bond donors (Lipinski definition) is 3. The van der Waals surface area contributed by atoms with Crippen molar-refractivity contribution in [2.75, 3.05) is 17.6 Å². The second-order valence-corrected chi connectivity index (χ2v) is 17.6. The molecule has 14 heteroatoms. The number of amides is 1. The highest BCUT2D eigenvalue weighted by Crippen LogP contribution is 2.68. The van der Waals surface area contributed by atoms with E-state index in [1.165, 1.54) is 28.6 Å². The summed E-state index contributed by atoms with van der Waals surface area (Å²) >= 11 is 1.39. The van der Waals surface area contributed by atoms with Gasteiger partial charge in [0.05, 0.1) is 29.5 Å². The Morgan fingerprint density at radius 3 is 2.61 bits per heavy atom. The van der Waals surface area contributed by atoms with Crippen LogP contribution in [0, 0.1) is 44.1 Å². The monoisotopic (exact) mass is 724 g/mol. The van der Waals surface area contributed by atoms with E-state index in [1.807, 2.05) is 20.8 Å². The van der Waals surface area contributed by atoms with Gasteiger partial charge in [0.15, 0.2) is 0 Å². The number of Topliss-reactive ketones (excluding diaryl/α,β-unsaturated/α-hetero) is 1. The number of carbonyl (C=O) groups is 3. The maximum atomic E-state index is 13.6. The van der Waals surface area contributed by atoms with E-state index in [1.54, 1.807) is 24.4 Å². The number of esters is 1. The van der Waals surface area contributed by atoms with E-state index in [-0.39, 0.29) is 58.8 Å². The number of nitrogens with zero attached hydrogens (tertiary/aromatic N) is 4. The molecule has 0 spiro atoms. The molecule has 8 atom stereocenters. The number of anilines is 1. The van der Waals surface area contributed by atoms with Crippen LogP contribution in [0.5, 0.6) is 0 Å². The molecule has 0 unspecified atom stereocenters. The van der Waals surface area contributed by atoms with Gasteiger partial charge in [-0.05, 0) is 68.9 Å². The molecule has 2 bridgehead atoms. The summed E-state index contributed by atoms with van der Waals surface area (Å²) < 4.78 is 7.30. The van der Waals surface area contributed by atoms with Gasteiger partial charge in [0.25, 0.3) is 5.69 Å². The molecular formula is C37H52N6O7S. The van der Waals surface area contributed by atoms with Crippen molar-refractivity contribution >= 4 is 40.8 Å². The molecule has 13 nitrogen and oxygen atoms in total. The minimum absolute atomic E-state index is 0.00298. The molecule has 3 aliphatic carbocycles. The molecule has 3 N–H and O–H groups in total. The summed E-state index contributed by atoms with van der Waals surface area (Å²) in [4.78, 5) is 50.4. The lowest BCUT2D eigenvalue weighted by Gasteiger charge is -2.61. The number of aromatic nitrogens is 3. The number of benzene rings is 1. The molecule has 3 aliphatic rings. The molecule has 1 aromatic carbocycles. The molecule has 0 aliphatic heterocycles. The third kappa shape index (κ3) is 7.72. The average Bonchev–Trinajstić information content (AvgIpc) is 3.70. The van der Waals surface area contributed by atoms with E-state index in [0.29, 0.717) is 37.3 Å². The Morgan fingerprint density at radius 2 is 1.94 bits per heavy atom. The Labute approximate surface area is 303 Å². The first-order valence-corrected chi connectivity index (χ1v) is 18.7. The lowest BCUT2D eigenvalue weighted by atomic mass is 9.44. The van der Waals surface area contributed by atoms with Crippen molar-refractivity contribution in [1.82, 2.24) is 20.3 Å². The van der Waals surface area contributed by atoms with E-state index in [2.05, 4.69) is 48.3 Å². The first-order chi connectivity index (χ1) is 23.9. The third-order valence-corrected chi connectivity index (χ3v) is 13.6. The number of aliphatic hydroxyl groups is 1. The number of nitrogens with one attached hydrogen (secondary N) is 2. The second kappa shape index (κ2) is 14.7. The van der Waals surface area contributed by atoms with Gasteiger partial charge in [0.1, 0.15) is 24.1 Å². The minimum atomic E-state index is -0.720. The summed E-state index contributed by atoms with van der Waals surface area (Å²) in [7, 11) is 0. The van der Waals surface area contributed by atoms with Crippen molar-refractivity contribution in [3.05, 3.63) is 58.9 Å². The molecule has 1 aromatic heterocycles. The van der Waals surface area contributed by atoms with E-state index in [4.69, 9.17) is 4.74 Å². The molecule has 0 saturated heterocycles. The van der Waals surface area contributed by atoms with Crippen molar-refractivity contribution in [3.8, 4) is 0 Å². The maximum absolute atomic E-state index is 13.6. The van der Waals surface area contributed by atoms with Gasteiger partial charge in [-0.2, -0.15) is 0 Å². The van der Waals surface area contributed by atoms with Gasteiger partial charge in [-0.25, -0.2) is 4.68 Å². The quantitative estimate of drug-likeness (QED) is 0.105. The number of ketones is 1. The molecule has 0 radical (unpaired) electrons. The highest BCUT2D eigenvalue weighted by molar-refractivity contribution is 8.01. The van der Waals surface area contributed by atoms with E-state index < -0.39 is 32.7 Å². The van der Waals surface area contributed by atoms with Crippen molar-refractivity contribution in [1.29, 1.82) is 0 Å². The first kappa shape index (κ1) is 38.5. The summed E-state index contributed by atoms with van der Waals surface area (Å²) in [6.45, 7) is 16.9. The fourth-order valence-electron chi connectivity index (χ4n) is 8.90. The number of hydrogen-bond acceptors (Lipinski definition) is 11. The number of ether oxygens (including phenoxy) is 1. The van der Waals surface area contributed by atoms with Crippen molar-refractivity contribution < 1.29 is 29.2 Å². The summed E-state index contributed by atoms with van der Waals surface area (Å²) in [5, 5.41) is 36.8. The van der Waals surface area contributed by atoms with Crippen LogP contribution in [-0.4, -0.2) is 71.9 Å². The second-order valence-electron chi connectivity index (χ2n) is 16.0. The number of nitro benzene ring substituents is 1. The maximum Gasteiger partial charge on any atom is 0.316 e. The van der Waals surface area contributed by atoms with Crippen LogP contribution in [-0.2, 0) is 32.2 Å². The highest BCUT2D eigenvalue weighted by Gasteiger charge is 2.68. The molecule has 3 fully saturated rings. The van der Waals surface area contributed by atoms with Gasteiger partial charge in [-0.1, -0.05) is 39.0 Å². The van der Waals surface area contributed by atoms with Crippen molar-refractivity contribution in [2.45, 2.75) is 104 Å². The number of nitro groups is 1. The van der Waals surface area contributed by atoms with Crippen molar-refractivity contribution in [2.24, 2.45) is 34.0 Å². The molecule has 51 heavy (non-hydrogen) atoms. The number of aliphatic hydroxyl groups excluding tert-OH is 1. The lowest BCUT2D eigenvalue weighted by molar-refractivity contribution is -0.384. The summed E-state index contributed by atoms with van der Waals surface area (Å²) in [5.41, 5.74) is -0.316. The fourth-order valence-corrected chi connectivity index (χ4v) is 9.66. The average molecular weight is 725 g/mol. The zero-order chi connectivity index (χ0) is 37.4. The van der Waals surface area contributed by atoms with Crippen LogP contribution in [0.4, 0.5) is 11.4 Å². The van der Waals surface area contributed by atoms with Gasteiger partial charge in [-0.15, -0.1) is 23.4 Å². The largest absolute Gasteiger partial charge is 0.461 e. The first-order valence-electron chi connectivity index (χ1n) is 17.8. The van der Waals surface area contributed by atoms with Crippen molar-refractivity contribution in [3.63, 3.8) is 0 Å². The normalized spacial score (nSPS) is 31.9. The van der Waals surface area contributed by atoms with Crippen LogP contribution in [0.2, 0.25) is 0 Å². The van der Waals surface area contributed by atoms with Crippen LogP contribution in [0.25, 0.3) is 0 Å². The zero-order valence-corrected chi connectivity index (χ0v) is 31.3. The number of non-ortho nitro benzene ring substituents is 1. The third-order valence-electron chi connectivity index (χ3n) is 12.3. The SMILES string of the molecule is C=C[C@]1(C)C[C@@H](OC(=O)CSC(C)(C)CNC(=O)Cn2cc(CNc3ccc([N+](=O)[O-])cc3)nn2)[C@]2(C)[C@H](C)CC[C@]3(CCC(=O)[C@H]32)[C@@H](C)[C@@H]1O. The van der Waals surface area contributed by atoms with Crippen LogP contribution < -0.4 is 10.6 Å². The molecule has 278 valence electrons. The van der Waals surface area contributed by atoms with Gasteiger partial charge in [-0.3, -0.25) is 24.5 Å². The van der Waals surface area contributed by atoms with Gasteiger partial charge in [0.2, 0.25) is 5.91 Å². The Morgan fingerprint density at radius 1 is 1.24 bits per heavy atom. The summed E-state index contributed by atoms with van der Waals surface area (Å²) in [6.07, 6.45) is 5.57. The summed E-state index contributed by atoms with van der Waals surface area (Å²) in [6, 6.07) is 6.04. The molecular weight excluding hydrogens is 673 g/mol. The topological polar surface area (TPSA) is 179 Å². The Kier molecular flexibility index (Phi) is 11.1. The highest BCUT2D eigenvalue weighted by atomic mass is 32.2. The molecule has 2 aromatic rings. The van der Waals surface area contributed by atoms with Crippen LogP contribution in [0.3, 0.4) is 0 Å². The number of carbonyl (C=O) groups excluding carboxylic acids is 3.